The van der Waals surface area contributed by atoms with Crippen LogP contribution in [0.1, 0.15) is 44.9 Å². The summed E-state index contributed by atoms with van der Waals surface area (Å²) >= 11 is 0. The van der Waals surface area contributed by atoms with Crippen molar-refractivity contribution in [3.8, 4) is 6.07 Å². The van der Waals surface area contributed by atoms with E-state index in [1.165, 1.54) is 0 Å². The fourth-order valence-corrected chi connectivity index (χ4v) is 3.85. The van der Waals surface area contributed by atoms with E-state index < -0.39 is 36.1 Å². The first-order valence-electron chi connectivity index (χ1n) is 12.1. The molecule has 8 nitrogen and oxygen atoms in total. The summed E-state index contributed by atoms with van der Waals surface area (Å²) < 4.78 is 5.19. The molecule has 3 aromatic rings. The average Bonchev–Trinajstić information content (AvgIpc) is 2.86. The molecule has 0 saturated heterocycles. The third kappa shape index (κ3) is 7.55. The standard InChI is InChI=1S/C29H32N4O4/c1-5-20-10-12-22(13-11-20)26(27(35)32-24-15-14-21-8-6-7-9-23(21)18-24)33(17-16-30)25(34)19-31-28(36)37-29(2,3)4/h6-15,18,26H,5,17,19H2,1-4H3,(H,31,36)(H,32,35). The van der Waals surface area contributed by atoms with Crippen molar-refractivity contribution < 1.29 is 19.1 Å². The summed E-state index contributed by atoms with van der Waals surface area (Å²) in [5.74, 6) is -1.06. The molecule has 0 aromatic heterocycles. The predicted octanol–water partition coefficient (Wildman–Crippen LogP) is 4.96. The number of nitrogens with zero attached hydrogens (tertiary/aromatic N) is 2. The van der Waals surface area contributed by atoms with E-state index in [1.54, 1.807) is 39.0 Å². The highest BCUT2D eigenvalue weighted by Crippen LogP contribution is 2.25. The van der Waals surface area contributed by atoms with Crippen LogP contribution in [-0.4, -0.2) is 41.5 Å². The van der Waals surface area contributed by atoms with Gasteiger partial charge in [0, 0.05) is 5.69 Å². The van der Waals surface area contributed by atoms with Crippen molar-refractivity contribution in [2.45, 2.75) is 45.8 Å². The van der Waals surface area contributed by atoms with Crippen LogP contribution in [0.5, 0.6) is 0 Å². The molecule has 3 amide bonds. The van der Waals surface area contributed by atoms with E-state index in [-0.39, 0.29) is 6.54 Å². The number of alkyl carbamates (subject to hydrolysis) is 1. The fraction of sp³-hybridized carbons (Fsp3) is 0.310. The normalized spacial score (nSPS) is 11.8. The van der Waals surface area contributed by atoms with Crippen LogP contribution in [0.4, 0.5) is 10.5 Å². The summed E-state index contributed by atoms with van der Waals surface area (Å²) in [6, 6.07) is 21.5. The molecule has 0 radical (unpaired) electrons. The Hall–Kier alpha value is -4.38. The molecule has 192 valence electrons. The Morgan fingerprint density at radius 1 is 1.00 bits per heavy atom. The quantitative estimate of drug-likeness (QED) is 0.425. The van der Waals surface area contributed by atoms with Gasteiger partial charge in [0.2, 0.25) is 5.91 Å². The van der Waals surface area contributed by atoms with E-state index in [2.05, 4.69) is 10.6 Å². The zero-order valence-electron chi connectivity index (χ0n) is 21.6. The topological polar surface area (TPSA) is 112 Å². The number of rotatable bonds is 8. The molecule has 3 rings (SSSR count). The molecule has 0 aliphatic heterocycles. The Bertz CT molecular complexity index is 1310. The molecule has 0 spiro atoms. The second-order valence-corrected chi connectivity index (χ2v) is 9.58. The lowest BCUT2D eigenvalue weighted by atomic mass is 10.0. The van der Waals surface area contributed by atoms with E-state index in [9.17, 15) is 19.6 Å². The Balaban J connectivity index is 1.89. The lowest BCUT2D eigenvalue weighted by Crippen LogP contribution is -2.46. The molecule has 0 aliphatic rings. The van der Waals surface area contributed by atoms with E-state index >= 15 is 0 Å². The van der Waals surface area contributed by atoms with Crippen molar-refractivity contribution in [3.63, 3.8) is 0 Å². The molecule has 2 N–H and O–H groups in total. The molecule has 0 aliphatic carbocycles. The first-order valence-corrected chi connectivity index (χ1v) is 12.1. The van der Waals surface area contributed by atoms with Gasteiger partial charge >= 0.3 is 6.09 Å². The number of fused-ring (bicyclic) bond motifs is 1. The van der Waals surface area contributed by atoms with Crippen molar-refractivity contribution in [1.82, 2.24) is 10.2 Å². The molecular weight excluding hydrogens is 468 g/mol. The predicted molar refractivity (Wildman–Crippen MR) is 143 cm³/mol. The van der Waals surface area contributed by atoms with Crippen LogP contribution in [-0.2, 0) is 20.7 Å². The van der Waals surface area contributed by atoms with Crippen LogP contribution in [0.25, 0.3) is 10.8 Å². The van der Waals surface area contributed by atoms with Gasteiger partial charge < -0.3 is 20.3 Å². The maximum atomic E-state index is 13.6. The Labute approximate surface area is 217 Å². The van der Waals surface area contributed by atoms with Gasteiger partial charge in [-0.1, -0.05) is 61.5 Å². The smallest absolute Gasteiger partial charge is 0.408 e. The third-order valence-corrected chi connectivity index (χ3v) is 5.62. The Morgan fingerprint density at radius 2 is 1.68 bits per heavy atom. The van der Waals surface area contributed by atoms with Crippen molar-refractivity contribution >= 4 is 34.4 Å². The zero-order chi connectivity index (χ0) is 27.0. The number of hydrogen-bond acceptors (Lipinski definition) is 5. The summed E-state index contributed by atoms with van der Waals surface area (Å²) in [5, 5.41) is 16.8. The molecule has 0 saturated carbocycles. The van der Waals surface area contributed by atoms with Gasteiger partial charge in [-0.05, 0) is 61.2 Å². The number of anilines is 1. The van der Waals surface area contributed by atoms with Crippen molar-refractivity contribution in [1.29, 1.82) is 5.26 Å². The van der Waals surface area contributed by atoms with Crippen LogP contribution in [0.15, 0.2) is 66.7 Å². The number of amides is 3. The lowest BCUT2D eigenvalue weighted by Gasteiger charge is -2.30. The number of aryl methyl sites for hydroxylation is 1. The number of nitriles is 1. The monoisotopic (exact) mass is 500 g/mol. The highest BCUT2D eigenvalue weighted by molar-refractivity contribution is 6.00. The maximum Gasteiger partial charge on any atom is 0.408 e. The maximum absolute atomic E-state index is 13.6. The molecule has 1 atom stereocenters. The second-order valence-electron chi connectivity index (χ2n) is 9.58. The summed E-state index contributed by atoms with van der Waals surface area (Å²) in [7, 11) is 0. The number of nitrogens with one attached hydrogen (secondary N) is 2. The number of ether oxygens (including phenoxy) is 1. The minimum atomic E-state index is -1.09. The summed E-state index contributed by atoms with van der Waals surface area (Å²) in [6.07, 6.45) is 0.0525. The van der Waals surface area contributed by atoms with Gasteiger partial charge in [-0.3, -0.25) is 9.59 Å². The number of carbonyl (C=O) groups is 3. The Morgan fingerprint density at radius 3 is 2.30 bits per heavy atom. The van der Waals surface area contributed by atoms with Crippen LogP contribution in [0.3, 0.4) is 0 Å². The molecule has 3 aromatic carbocycles. The second kappa shape index (κ2) is 12.0. The molecule has 37 heavy (non-hydrogen) atoms. The third-order valence-electron chi connectivity index (χ3n) is 5.62. The lowest BCUT2D eigenvalue weighted by molar-refractivity contribution is -0.137. The van der Waals surface area contributed by atoms with E-state index in [0.717, 1.165) is 27.7 Å². The number of carbonyl (C=O) groups excluding carboxylic acids is 3. The van der Waals surface area contributed by atoms with E-state index in [4.69, 9.17) is 4.74 Å². The van der Waals surface area contributed by atoms with Gasteiger partial charge in [0.05, 0.1) is 6.07 Å². The highest BCUT2D eigenvalue weighted by atomic mass is 16.6. The molecular formula is C29H32N4O4. The van der Waals surface area contributed by atoms with E-state index in [0.29, 0.717) is 11.3 Å². The van der Waals surface area contributed by atoms with Gasteiger partial charge in [-0.2, -0.15) is 5.26 Å². The molecule has 1 unspecified atom stereocenters. The molecule has 8 heteroatoms. The van der Waals surface area contributed by atoms with Crippen molar-refractivity contribution in [2.24, 2.45) is 0 Å². The van der Waals surface area contributed by atoms with Crippen LogP contribution in [0.2, 0.25) is 0 Å². The van der Waals surface area contributed by atoms with Gasteiger partial charge in [0.15, 0.2) is 0 Å². The first-order chi connectivity index (χ1) is 17.6. The van der Waals surface area contributed by atoms with Gasteiger partial charge in [-0.25, -0.2) is 4.79 Å². The zero-order valence-corrected chi connectivity index (χ0v) is 21.6. The number of hydrogen-bond donors (Lipinski definition) is 2. The van der Waals surface area contributed by atoms with Gasteiger partial charge in [0.1, 0.15) is 24.7 Å². The largest absolute Gasteiger partial charge is 0.444 e. The fourth-order valence-electron chi connectivity index (χ4n) is 3.85. The van der Waals surface area contributed by atoms with Crippen LogP contribution >= 0.6 is 0 Å². The minimum Gasteiger partial charge on any atom is -0.444 e. The van der Waals surface area contributed by atoms with E-state index in [1.807, 2.05) is 61.5 Å². The van der Waals surface area contributed by atoms with Gasteiger partial charge in [0.25, 0.3) is 5.91 Å². The molecule has 0 bridgehead atoms. The minimum absolute atomic E-state index is 0.347. The number of benzene rings is 3. The summed E-state index contributed by atoms with van der Waals surface area (Å²) in [4.78, 5) is 40.1. The van der Waals surface area contributed by atoms with Gasteiger partial charge in [-0.15, -0.1) is 0 Å². The van der Waals surface area contributed by atoms with Crippen molar-refractivity contribution in [2.75, 3.05) is 18.4 Å². The van der Waals surface area contributed by atoms with Crippen molar-refractivity contribution in [3.05, 3.63) is 77.9 Å². The summed E-state index contributed by atoms with van der Waals surface area (Å²) in [5.41, 5.74) is 1.46. The summed E-state index contributed by atoms with van der Waals surface area (Å²) in [6.45, 7) is 6.38. The molecule has 0 heterocycles. The Kier molecular flexibility index (Phi) is 8.86. The van der Waals surface area contributed by atoms with Crippen LogP contribution in [0, 0.1) is 11.3 Å². The average molecular weight is 501 g/mol. The van der Waals surface area contributed by atoms with Crippen LogP contribution < -0.4 is 10.6 Å². The first kappa shape index (κ1) is 27.2. The highest BCUT2D eigenvalue weighted by Gasteiger charge is 2.32. The SMILES string of the molecule is CCc1ccc(C(C(=O)Nc2ccc3ccccc3c2)N(CC#N)C(=O)CNC(=O)OC(C)(C)C)cc1. The molecule has 0 fully saturated rings.